The number of ketones is 2. The number of hydrogen-bond donors (Lipinski definition) is 0. The van der Waals surface area contributed by atoms with Crippen LogP contribution in [-0.2, 0) is 19.2 Å². The van der Waals surface area contributed by atoms with Crippen LogP contribution in [0.5, 0.6) is 0 Å². The van der Waals surface area contributed by atoms with Crippen LogP contribution >= 0.6 is 0 Å². The molecule has 0 saturated carbocycles. The van der Waals surface area contributed by atoms with Gasteiger partial charge < -0.3 is 4.79 Å². The molecule has 0 rings (SSSR count). The van der Waals surface area contributed by atoms with E-state index in [0.29, 0.717) is 6.29 Å². The van der Waals surface area contributed by atoms with Gasteiger partial charge in [-0.25, -0.2) is 0 Å². The third-order valence-electron chi connectivity index (χ3n) is 3.79. The zero-order valence-electron chi connectivity index (χ0n) is 12.7. The molecule has 0 aromatic heterocycles. The highest BCUT2D eigenvalue weighted by atomic mass is 16.2. The second-order valence-electron chi connectivity index (χ2n) is 5.35. The van der Waals surface area contributed by atoms with E-state index in [0.717, 1.165) is 25.7 Å². The van der Waals surface area contributed by atoms with Crippen LogP contribution in [0.15, 0.2) is 0 Å². The molecule has 0 spiro atoms. The summed E-state index contributed by atoms with van der Waals surface area (Å²) in [5.41, 5.74) is 0. The van der Waals surface area contributed by atoms with Crippen LogP contribution in [0.3, 0.4) is 0 Å². The average Bonchev–Trinajstić information content (AvgIpc) is 2.47. The van der Waals surface area contributed by atoms with Crippen molar-refractivity contribution in [1.82, 2.24) is 0 Å². The largest absolute Gasteiger partial charge is 0.303 e. The number of Topliss-reactive ketones (excluding diaryl/α,β-unsaturated/α-hetero) is 2. The van der Waals surface area contributed by atoms with Gasteiger partial charge in [-0.15, -0.1) is 0 Å². The lowest BCUT2D eigenvalue weighted by Crippen LogP contribution is -2.31. The number of unbranched alkanes of at least 4 members (excludes halogenated alkanes) is 2. The number of aldehydes is 1. The van der Waals surface area contributed by atoms with E-state index in [2.05, 4.69) is 6.92 Å². The Morgan fingerprint density at radius 1 is 1.20 bits per heavy atom. The zero-order valence-corrected chi connectivity index (χ0v) is 12.7. The molecular formula is C16H25O4. The molecule has 4 nitrogen and oxygen atoms in total. The third-order valence-corrected chi connectivity index (χ3v) is 3.79. The summed E-state index contributed by atoms with van der Waals surface area (Å²) in [5.74, 6) is -1.96. The summed E-state index contributed by atoms with van der Waals surface area (Å²) in [7, 11) is 0. The second kappa shape index (κ2) is 10.5. The van der Waals surface area contributed by atoms with Gasteiger partial charge >= 0.3 is 0 Å². The Kier molecular flexibility index (Phi) is 9.77. The van der Waals surface area contributed by atoms with Crippen LogP contribution in [0.2, 0.25) is 0 Å². The predicted molar refractivity (Wildman–Crippen MR) is 77.0 cm³/mol. The predicted octanol–water partition coefficient (Wildman–Crippen LogP) is 2.68. The van der Waals surface area contributed by atoms with Gasteiger partial charge in [0.1, 0.15) is 6.29 Å². The Labute approximate surface area is 121 Å². The van der Waals surface area contributed by atoms with Crippen molar-refractivity contribution < 1.29 is 19.2 Å². The van der Waals surface area contributed by atoms with Crippen molar-refractivity contribution in [3.63, 3.8) is 0 Å². The first kappa shape index (κ1) is 18.7. The highest BCUT2D eigenvalue weighted by molar-refractivity contribution is 6.38. The first-order valence-corrected chi connectivity index (χ1v) is 7.37. The van der Waals surface area contributed by atoms with Crippen molar-refractivity contribution in [2.75, 3.05) is 0 Å². The van der Waals surface area contributed by atoms with Gasteiger partial charge in [0, 0.05) is 24.7 Å². The molecule has 0 fully saturated rings. The molecule has 4 heteroatoms. The molecule has 0 bridgehead atoms. The van der Waals surface area contributed by atoms with Crippen molar-refractivity contribution in [1.29, 1.82) is 0 Å². The monoisotopic (exact) mass is 281 g/mol. The van der Waals surface area contributed by atoms with Crippen LogP contribution in [-0.4, -0.2) is 24.1 Å². The maximum absolute atomic E-state index is 12.0. The third kappa shape index (κ3) is 6.22. The number of rotatable bonds is 12. The van der Waals surface area contributed by atoms with Crippen molar-refractivity contribution in [3.8, 4) is 0 Å². The topological polar surface area (TPSA) is 68.3 Å². The molecule has 0 amide bonds. The first-order chi connectivity index (χ1) is 9.49. The van der Waals surface area contributed by atoms with Crippen LogP contribution in [0.4, 0.5) is 0 Å². The first-order valence-electron chi connectivity index (χ1n) is 7.37. The van der Waals surface area contributed by atoms with E-state index in [1.807, 2.05) is 6.29 Å². The Hall–Kier alpha value is -1.32. The maximum Gasteiger partial charge on any atom is 0.201 e. The molecule has 0 aliphatic heterocycles. The van der Waals surface area contributed by atoms with E-state index in [1.165, 1.54) is 0 Å². The van der Waals surface area contributed by atoms with Gasteiger partial charge in [-0.2, -0.15) is 0 Å². The highest BCUT2D eigenvalue weighted by Crippen LogP contribution is 2.27. The van der Waals surface area contributed by atoms with E-state index in [-0.39, 0.29) is 24.7 Å². The normalized spacial score (nSPS) is 15.2. The molecule has 0 saturated heterocycles. The summed E-state index contributed by atoms with van der Waals surface area (Å²) in [6, 6.07) is 0. The fourth-order valence-electron chi connectivity index (χ4n) is 2.41. The van der Waals surface area contributed by atoms with E-state index in [9.17, 15) is 19.2 Å². The van der Waals surface area contributed by atoms with Gasteiger partial charge in [-0.1, -0.05) is 40.0 Å². The van der Waals surface area contributed by atoms with Gasteiger partial charge in [0.2, 0.25) is 12.1 Å². The highest BCUT2D eigenvalue weighted by Gasteiger charge is 2.31. The van der Waals surface area contributed by atoms with E-state index >= 15 is 0 Å². The SMILES string of the molecule is CCCCCC(C(C)[C]=O)C(C)C(=O)C(=O)CCC=O. The minimum atomic E-state index is -0.511. The van der Waals surface area contributed by atoms with E-state index < -0.39 is 17.5 Å². The Morgan fingerprint density at radius 3 is 2.35 bits per heavy atom. The number of hydrogen-bond acceptors (Lipinski definition) is 4. The summed E-state index contributed by atoms with van der Waals surface area (Å²) >= 11 is 0. The van der Waals surface area contributed by atoms with Crippen LogP contribution in [0.25, 0.3) is 0 Å². The van der Waals surface area contributed by atoms with E-state index in [4.69, 9.17) is 0 Å². The van der Waals surface area contributed by atoms with Gasteiger partial charge in [-0.05, 0) is 12.3 Å². The quantitative estimate of drug-likeness (QED) is 0.313. The molecule has 3 unspecified atom stereocenters. The molecule has 0 aliphatic carbocycles. The summed E-state index contributed by atoms with van der Waals surface area (Å²) < 4.78 is 0. The van der Waals surface area contributed by atoms with Gasteiger partial charge in [-0.3, -0.25) is 14.4 Å². The minimum absolute atomic E-state index is 0.0342. The average molecular weight is 281 g/mol. The molecule has 0 aromatic carbocycles. The summed E-state index contributed by atoms with van der Waals surface area (Å²) in [4.78, 5) is 44.9. The van der Waals surface area contributed by atoms with Crippen LogP contribution in [0, 0.1) is 17.8 Å². The fraction of sp³-hybridized carbons (Fsp3) is 0.750. The molecule has 1 radical (unpaired) electrons. The summed E-state index contributed by atoms with van der Waals surface area (Å²) in [5, 5.41) is 0. The van der Waals surface area contributed by atoms with Gasteiger partial charge in [0.15, 0.2) is 5.78 Å². The Morgan fingerprint density at radius 2 is 1.85 bits per heavy atom. The Balaban J connectivity index is 4.69. The van der Waals surface area contributed by atoms with Crippen molar-refractivity contribution in [2.45, 2.75) is 59.3 Å². The van der Waals surface area contributed by atoms with E-state index in [1.54, 1.807) is 13.8 Å². The van der Waals surface area contributed by atoms with Gasteiger partial charge in [0.25, 0.3) is 0 Å². The van der Waals surface area contributed by atoms with Crippen LogP contribution < -0.4 is 0 Å². The second-order valence-corrected chi connectivity index (χ2v) is 5.35. The van der Waals surface area contributed by atoms with Crippen molar-refractivity contribution >= 4 is 24.1 Å². The lowest BCUT2D eigenvalue weighted by Gasteiger charge is -2.24. The fourth-order valence-corrected chi connectivity index (χ4v) is 2.41. The number of carbonyl (C=O) groups is 3. The van der Waals surface area contributed by atoms with Gasteiger partial charge in [0.05, 0.1) is 0 Å². The molecular weight excluding hydrogens is 256 g/mol. The molecule has 20 heavy (non-hydrogen) atoms. The molecule has 113 valence electrons. The smallest absolute Gasteiger partial charge is 0.201 e. The van der Waals surface area contributed by atoms with Crippen molar-refractivity contribution in [3.05, 3.63) is 0 Å². The lowest BCUT2D eigenvalue weighted by molar-refractivity contribution is -0.140. The van der Waals surface area contributed by atoms with Crippen LogP contribution in [0.1, 0.15) is 59.3 Å². The summed E-state index contributed by atoms with van der Waals surface area (Å²) in [6.45, 7) is 5.52. The summed E-state index contributed by atoms with van der Waals surface area (Å²) in [6.07, 6.45) is 6.41. The number of carbonyl (C=O) groups excluding carboxylic acids is 4. The lowest BCUT2D eigenvalue weighted by atomic mass is 9.77. The molecule has 0 heterocycles. The van der Waals surface area contributed by atoms with Crippen molar-refractivity contribution in [2.24, 2.45) is 17.8 Å². The zero-order chi connectivity index (χ0) is 15.5. The standard InChI is InChI=1S/C16H25O4/c1-4-5-6-8-14(12(2)11-18)13(3)16(20)15(19)9-7-10-17/h10,12-14H,4-9H2,1-3H3. The molecule has 0 aromatic rings. The molecule has 0 N–H and O–H groups in total. The molecule has 0 aliphatic rings. The minimum Gasteiger partial charge on any atom is -0.303 e. The maximum atomic E-state index is 12.0. The molecule has 3 atom stereocenters. The Bertz CT molecular complexity index is 335.